The fraction of sp³-hybridized carbons (Fsp3) is 0.333. The van der Waals surface area contributed by atoms with Crippen molar-refractivity contribution in [2.75, 3.05) is 6.54 Å². The SMILES string of the molecule is Cc1nc2c(OCc3c(F)cccc3F)cccn2c1C(=O)NCC(C)(C)C. The highest BCUT2D eigenvalue weighted by Gasteiger charge is 2.21. The molecule has 0 spiro atoms. The summed E-state index contributed by atoms with van der Waals surface area (Å²) in [6.07, 6.45) is 1.71. The number of carbonyl (C=O) groups is 1. The lowest BCUT2D eigenvalue weighted by Gasteiger charge is -2.18. The molecule has 0 radical (unpaired) electrons. The summed E-state index contributed by atoms with van der Waals surface area (Å²) in [5.41, 5.74) is 1.15. The number of benzene rings is 1. The van der Waals surface area contributed by atoms with E-state index in [4.69, 9.17) is 4.74 Å². The van der Waals surface area contributed by atoms with Gasteiger partial charge >= 0.3 is 0 Å². The number of rotatable bonds is 5. The summed E-state index contributed by atoms with van der Waals surface area (Å²) in [5, 5.41) is 2.91. The smallest absolute Gasteiger partial charge is 0.270 e. The van der Waals surface area contributed by atoms with Crippen LogP contribution in [0.1, 0.15) is 42.5 Å². The van der Waals surface area contributed by atoms with Gasteiger partial charge in [0.2, 0.25) is 0 Å². The van der Waals surface area contributed by atoms with Gasteiger partial charge in [-0.3, -0.25) is 9.20 Å². The first kappa shape index (κ1) is 19.8. The highest BCUT2D eigenvalue weighted by atomic mass is 19.1. The van der Waals surface area contributed by atoms with Crippen LogP contribution < -0.4 is 10.1 Å². The summed E-state index contributed by atoms with van der Waals surface area (Å²) in [6, 6.07) is 7.01. The van der Waals surface area contributed by atoms with Crippen molar-refractivity contribution in [3.63, 3.8) is 0 Å². The quantitative estimate of drug-likeness (QED) is 0.711. The number of hydrogen-bond acceptors (Lipinski definition) is 3. The number of nitrogens with one attached hydrogen (secondary N) is 1. The zero-order chi connectivity index (χ0) is 20.5. The second-order valence-corrected chi connectivity index (χ2v) is 7.84. The Bertz CT molecular complexity index is 1000. The van der Waals surface area contributed by atoms with E-state index in [9.17, 15) is 13.6 Å². The normalized spacial score (nSPS) is 11.6. The first-order chi connectivity index (χ1) is 13.2. The predicted molar refractivity (Wildman–Crippen MR) is 102 cm³/mol. The Morgan fingerprint density at radius 1 is 1.18 bits per heavy atom. The van der Waals surface area contributed by atoms with Gasteiger partial charge in [0, 0.05) is 12.7 Å². The summed E-state index contributed by atoms with van der Waals surface area (Å²) in [4.78, 5) is 17.1. The summed E-state index contributed by atoms with van der Waals surface area (Å²) in [6.45, 7) is 8.06. The van der Waals surface area contributed by atoms with E-state index in [1.165, 1.54) is 18.2 Å². The molecule has 1 aromatic carbocycles. The van der Waals surface area contributed by atoms with Crippen LogP contribution in [0.25, 0.3) is 5.65 Å². The van der Waals surface area contributed by atoms with Gasteiger partial charge in [-0.25, -0.2) is 13.8 Å². The molecule has 0 atom stereocenters. The number of aromatic nitrogens is 2. The fourth-order valence-electron chi connectivity index (χ4n) is 2.79. The number of aryl methyl sites for hydroxylation is 1. The van der Waals surface area contributed by atoms with Crippen molar-refractivity contribution in [1.29, 1.82) is 0 Å². The first-order valence-corrected chi connectivity index (χ1v) is 8.99. The van der Waals surface area contributed by atoms with Crippen molar-refractivity contribution in [2.45, 2.75) is 34.3 Å². The third kappa shape index (κ3) is 4.13. The number of nitrogens with zero attached hydrogens (tertiary/aromatic N) is 2. The minimum atomic E-state index is -0.672. The first-order valence-electron chi connectivity index (χ1n) is 8.99. The van der Waals surface area contributed by atoms with E-state index in [1.807, 2.05) is 20.8 Å². The van der Waals surface area contributed by atoms with E-state index >= 15 is 0 Å². The molecule has 0 unspecified atom stereocenters. The Kier molecular flexibility index (Phi) is 5.36. The van der Waals surface area contributed by atoms with E-state index in [0.29, 0.717) is 29.3 Å². The van der Waals surface area contributed by atoms with Crippen molar-refractivity contribution in [3.8, 4) is 5.75 Å². The third-order valence-corrected chi connectivity index (χ3v) is 4.22. The number of amides is 1. The zero-order valence-corrected chi connectivity index (χ0v) is 16.3. The molecule has 28 heavy (non-hydrogen) atoms. The molecule has 0 fully saturated rings. The van der Waals surface area contributed by atoms with Crippen molar-refractivity contribution in [1.82, 2.24) is 14.7 Å². The lowest BCUT2D eigenvalue weighted by molar-refractivity contribution is 0.0932. The number of fused-ring (bicyclic) bond motifs is 1. The molecule has 5 nitrogen and oxygen atoms in total. The van der Waals surface area contributed by atoms with Crippen LogP contribution in [0.15, 0.2) is 36.5 Å². The van der Waals surface area contributed by atoms with Crippen molar-refractivity contribution in [2.24, 2.45) is 5.41 Å². The summed E-state index contributed by atoms with van der Waals surface area (Å²) in [5.74, 6) is -1.25. The molecule has 0 aliphatic carbocycles. The van der Waals surface area contributed by atoms with Gasteiger partial charge in [-0.1, -0.05) is 26.8 Å². The number of ether oxygens (including phenoxy) is 1. The maximum Gasteiger partial charge on any atom is 0.270 e. The molecule has 1 amide bonds. The number of pyridine rings is 1. The van der Waals surface area contributed by atoms with Crippen LogP contribution in [0, 0.1) is 24.0 Å². The Labute approximate surface area is 162 Å². The standard InChI is InChI=1S/C21H23F2N3O2/c1-13-18(20(27)24-12-21(2,3)4)26-10-6-9-17(19(26)25-13)28-11-14-15(22)7-5-8-16(14)23/h5-10H,11-12H2,1-4H3,(H,24,27). The van der Waals surface area contributed by atoms with Gasteiger partial charge in [0.15, 0.2) is 11.4 Å². The van der Waals surface area contributed by atoms with Crippen molar-refractivity contribution in [3.05, 3.63) is 65.1 Å². The molecule has 0 saturated heterocycles. The number of imidazole rings is 1. The van der Waals surface area contributed by atoms with Crippen LogP contribution >= 0.6 is 0 Å². The predicted octanol–water partition coefficient (Wildman–Crippen LogP) is 4.28. The highest BCUT2D eigenvalue weighted by Crippen LogP contribution is 2.24. The van der Waals surface area contributed by atoms with Crippen molar-refractivity contribution >= 4 is 11.6 Å². The zero-order valence-electron chi connectivity index (χ0n) is 16.3. The van der Waals surface area contributed by atoms with E-state index in [1.54, 1.807) is 29.7 Å². The molecule has 0 aliphatic rings. The fourth-order valence-corrected chi connectivity index (χ4v) is 2.79. The van der Waals surface area contributed by atoms with Gasteiger partial charge in [-0.05, 0) is 36.6 Å². The third-order valence-electron chi connectivity index (χ3n) is 4.22. The summed E-state index contributed by atoms with van der Waals surface area (Å²) in [7, 11) is 0. The monoisotopic (exact) mass is 387 g/mol. The minimum absolute atomic E-state index is 0.0534. The molecule has 7 heteroatoms. The maximum atomic E-state index is 13.8. The Morgan fingerprint density at radius 2 is 1.86 bits per heavy atom. The summed E-state index contributed by atoms with van der Waals surface area (Å²) >= 11 is 0. The molecule has 0 saturated carbocycles. The second-order valence-electron chi connectivity index (χ2n) is 7.84. The van der Waals surface area contributed by atoms with Gasteiger partial charge in [-0.2, -0.15) is 0 Å². The topological polar surface area (TPSA) is 55.6 Å². The molecule has 148 valence electrons. The molecular formula is C21H23F2N3O2. The van der Waals surface area contributed by atoms with E-state index < -0.39 is 11.6 Å². The van der Waals surface area contributed by atoms with E-state index in [0.717, 1.165) is 0 Å². The van der Waals surface area contributed by atoms with Crippen LogP contribution in [0.5, 0.6) is 5.75 Å². The van der Waals surface area contributed by atoms with Gasteiger partial charge < -0.3 is 10.1 Å². The maximum absolute atomic E-state index is 13.8. The van der Waals surface area contributed by atoms with Crippen LogP contribution in [-0.4, -0.2) is 21.8 Å². The average molecular weight is 387 g/mol. The van der Waals surface area contributed by atoms with Gasteiger partial charge in [0.05, 0.1) is 11.3 Å². The molecule has 2 aromatic heterocycles. The number of halogens is 2. The molecule has 0 bridgehead atoms. The number of carbonyl (C=O) groups excluding carboxylic acids is 1. The Balaban J connectivity index is 1.89. The lowest BCUT2D eigenvalue weighted by Crippen LogP contribution is -2.33. The molecule has 3 rings (SSSR count). The second kappa shape index (κ2) is 7.58. The highest BCUT2D eigenvalue weighted by molar-refractivity contribution is 5.95. The van der Waals surface area contributed by atoms with Crippen LogP contribution in [-0.2, 0) is 6.61 Å². The molecule has 2 heterocycles. The molecular weight excluding hydrogens is 364 g/mol. The van der Waals surface area contributed by atoms with Crippen LogP contribution in [0.3, 0.4) is 0 Å². The van der Waals surface area contributed by atoms with Gasteiger partial charge in [0.25, 0.3) is 5.91 Å². The van der Waals surface area contributed by atoms with Crippen LogP contribution in [0.2, 0.25) is 0 Å². The van der Waals surface area contributed by atoms with Gasteiger partial charge in [-0.15, -0.1) is 0 Å². The minimum Gasteiger partial charge on any atom is -0.485 e. The largest absolute Gasteiger partial charge is 0.485 e. The van der Waals surface area contributed by atoms with E-state index in [2.05, 4.69) is 10.3 Å². The number of hydrogen-bond donors (Lipinski definition) is 1. The lowest BCUT2D eigenvalue weighted by atomic mass is 9.97. The molecule has 0 aliphatic heterocycles. The van der Waals surface area contributed by atoms with Crippen molar-refractivity contribution < 1.29 is 18.3 Å². The summed E-state index contributed by atoms with van der Waals surface area (Å²) < 4.78 is 34.9. The molecule has 3 aromatic rings. The van der Waals surface area contributed by atoms with E-state index in [-0.39, 0.29) is 23.5 Å². The Hall–Kier alpha value is -2.96. The molecule has 1 N–H and O–H groups in total. The van der Waals surface area contributed by atoms with Crippen LogP contribution in [0.4, 0.5) is 8.78 Å². The average Bonchev–Trinajstić information content (AvgIpc) is 2.95. The van der Waals surface area contributed by atoms with Gasteiger partial charge in [0.1, 0.15) is 23.9 Å². The Morgan fingerprint density at radius 3 is 2.50 bits per heavy atom.